The zero-order valence-corrected chi connectivity index (χ0v) is 15.0. The standard InChI is InChI=1S/C17H19N5O2S/c1-11-10-12(2)22-17(18-11)19-15(20-22)16(23)21-6-5-14(25-9-7-21)13-4-3-8-24-13/h3-4,8,10,14H,5-7,9H2,1-2H3/t14-/m0/s1. The summed E-state index contributed by atoms with van der Waals surface area (Å²) in [7, 11) is 0. The highest BCUT2D eigenvalue weighted by Crippen LogP contribution is 2.34. The molecule has 3 aromatic heterocycles. The van der Waals surface area contributed by atoms with Crippen LogP contribution in [0.4, 0.5) is 0 Å². The second-order valence-corrected chi connectivity index (χ2v) is 7.45. The van der Waals surface area contributed by atoms with Crippen molar-refractivity contribution in [3.8, 4) is 0 Å². The van der Waals surface area contributed by atoms with E-state index in [9.17, 15) is 4.79 Å². The maximum absolute atomic E-state index is 12.8. The third-order valence-electron chi connectivity index (χ3n) is 4.30. The number of carbonyl (C=O) groups is 1. The van der Waals surface area contributed by atoms with Gasteiger partial charge in [0.05, 0.1) is 11.5 Å². The van der Waals surface area contributed by atoms with E-state index in [0.29, 0.717) is 18.9 Å². The van der Waals surface area contributed by atoms with Crippen molar-refractivity contribution in [2.24, 2.45) is 0 Å². The van der Waals surface area contributed by atoms with Crippen LogP contribution in [0.1, 0.15) is 39.4 Å². The Bertz CT molecular complexity index is 905. The van der Waals surface area contributed by atoms with Gasteiger partial charge >= 0.3 is 0 Å². The van der Waals surface area contributed by atoms with E-state index in [2.05, 4.69) is 15.1 Å². The minimum atomic E-state index is -0.136. The summed E-state index contributed by atoms with van der Waals surface area (Å²) in [5.41, 5.74) is 1.78. The van der Waals surface area contributed by atoms with Crippen molar-refractivity contribution in [1.82, 2.24) is 24.5 Å². The maximum Gasteiger partial charge on any atom is 0.293 e. The zero-order valence-electron chi connectivity index (χ0n) is 14.2. The molecule has 0 aromatic carbocycles. The number of furan rings is 1. The highest BCUT2D eigenvalue weighted by Gasteiger charge is 2.26. The van der Waals surface area contributed by atoms with Crippen LogP contribution in [0.5, 0.6) is 0 Å². The van der Waals surface area contributed by atoms with Crippen molar-refractivity contribution in [3.63, 3.8) is 0 Å². The number of amides is 1. The predicted octanol–water partition coefficient (Wildman–Crippen LogP) is 2.65. The fourth-order valence-corrected chi connectivity index (χ4v) is 4.25. The van der Waals surface area contributed by atoms with Gasteiger partial charge in [0.15, 0.2) is 0 Å². The molecule has 0 N–H and O–H groups in total. The minimum Gasteiger partial charge on any atom is -0.468 e. The summed E-state index contributed by atoms with van der Waals surface area (Å²) >= 11 is 1.82. The van der Waals surface area contributed by atoms with Crippen molar-refractivity contribution in [3.05, 3.63) is 47.4 Å². The number of hydrogen-bond donors (Lipinski definition) is 0. The number of thioether (sulfide) groups is 1. The molecule has 0 bridgehead atoms. The quantitative estimate of drug-likeness (QED) is 0.702. The molecule has 0 spiro atoms. The Labute approximate surface area is 149 Å². The molecule has 1 fully saturated rings. The Morgan fingerprint density at radius 1 is 1.32 bits per heavy atom. The molecule has 3 aromatic rings. The van der Waals surface area contributed by atoms with Crippen molar-refractivity contribution in [2.75, 3.05) is 18.8 Å². The summed E-state index contributed by atoms with van der Waals surface area (Å²) in [6, 6.07) is 5.82. The second kappa shape index (κ2) is 6.51. The largest absolute Gasteiger partial charge is 0.468 e. The second-order valence-electron chi connectivity index (χ2n) is 6.14. The summed E-state index contributed by atoms with van der Waals surface area (Å²) in [5.74, 6) is 2.38. The summed E-state index contributed by atoms with van der Waals surface area (Å²) in [5, 5.41) is 4.64. The molecule has 1 saturated heterocycles. The van der Waals surface area contributed by atoms with E-state index in [1.54, 1.807) is 10.8 Å². The molecule has 1 atom stereocenters. The Kier molecular flexibility index (Phi) is 4.20. The lowest BCUT2D eigenvalue weighted by Crippen LogP contribution is -2.33. The normalized spacial score (nSPS) is 18.5. The molecule has 1 amide bonds. The first-order valence-corrected chi connectivity index (χ1v) is 9.32. The number of hydrogen-bond acceptors (Lipinski definition) is 6. The van der Waals surface area contributed by atoms with Crippen molar-refractivity contribution < 1.29 is 9.21 Å². The van der Waals surface area contributed by atoms with Crippen molar-refractivity contribution in [1.29, 1.82) is 0 Å². The molecule has 130 valence electrons. The van der Waals surface area contributed by atoms with Gasteiger partial charge in [-0.3, -0.25) is 4.79 Å². The summed E-state index contributed by atoms with van der Waals surface area (Å²) in [6.07, 6.45) is 2.55. The van der Waals surface area contributed by atoms with E-state index in [-0.39, 0.29) is 17.0 Å². The maximum atomic E-state index is 12.8. The van der Waals surface area contributed by atoms with E-state index >= 15 is 0 Å². The van der Waals surface area contributed by atoms with Gasteiger partial charge in [-0.25, -0.2) is 9.50 Å². The van der Waals surface area contributed by atoms with Gasteiger partial charge in [0, 0.05) is 30.2 Å². The van der Waals surface area contributed by atoms with Gasteiger partial charge in [-0.05, 0) is 38.5 Å². The summed E-state index contributed by atoms with van der Waals surface area (Å²) in [6.45, 7) is 5.19. The van der Waals surface area contributed by atoms with Crippen LogP contribution < -0.4 is 0 Å². The fourth-order valence-electron chi connectivity index (χ4n) is 3.07. The van der Waals surface area contributed by atoms with Crippen molar-refractivity contribution >= 4 is 23.4 Å². The first kappa shape index (κ1) is 16.1. The average molecular weight is 357 g/mol. The lowest BCUT2D eigenvalue weighted by molar-refractivity contribution is 0.0754. The first-order chi connectivity index (χ1) is 12.1. The zero-order chi connectivity index (χ0) is 17.4. The third kappa shape index (κ3) is 3.13. The van der Waals surface area contributed by atoms with Crippen LogP contribution in [0.15, 0.2) is 28.9 Å². The van der Waals surface area contributed by atoms with Crippen LogP contribution in [0.25, 0.3) is 5.78 Å². The molecule has 25 heavy (non-hydrogen) atoms. The number of aryl methyl sites for hydroxylation is 2. The van der Waals surface area contributed by atoms with Gasteiger partial charge in [-0.1, -0.05) is 0 Å². The summed E-state index contributed by atoms with van der Waals surface area (Å²) < 4.78 is 7.14. The lowest BCUT2D eigenvalue weighted by atomic mass is 10.2. The molecule has 0 unspecified atom stereocenters. The van der Waals surface area contributed by atoms with Crippen LogP contribution in [-0.2, 0) is 0 Å². The van der Waals surface area contributed by atoms with Gasteiger partial charge < -0.3 is 9.32 Å². The van der Waals surface area contributed by atoms with E-state index in [4.69, 9.17) is 4.42 Å². The Morgan fingerprint density at radius 2 is 2.20 bits per heavy atom. The van der Waals surface area contributed by atoms with Crippen LogP contribution in [-0.4, -0.2) is 49.2 Å². The monoisotopic (exact) mass is 357 g/mol. The molecule has 0 aliphatic carbocycles. The Balaban J connectivity index is 1.54. The van der Waals surface area contributed by atoms with Gasteiger partial charge in [0.2, 0.25) is 5.82 Å². The third-order valence-corrected chi connectivity index (χ3v) is 5.59. The van der Waals surface area contributed by atoms with E-state index in [1.807, 2.05) is 48.7 Å². The van der Waals surface area contributed by atoms with Gasteiger partial charge in [-0.2, -0.15) is 4.98 Å². The predicted molar refractivity (Wildman–Crippen MR) is 94.7 cm³/mol. The van der Waals surface area contributed by atoms with Crippen LogP contribution in [0.2, 0.25) is 0 Å². The Hall–Kier alpha value is -2.35. The SMILES string of the molecule is Cc1cc(C)n2nc(C(=O)N3CCS[C@H](c4ccco4)CC3)nc2n1. The van der Waals surface area contributed by atoms with Gasteiger partial charge in [0.25, 0.3) is 11.7 Å². The number of rotatable bonds is 2. The average Bonchev–Trinajstić information content (AvgIpc) is 3.19. The molecule has 0 saturated carbocycles. The summed E-state index contributed by atoms with van der Waals surface area (Å²) in [4.78, 5) is 23.3. The topological polar surface area (TPSA) is 76.5 Å². The molecule has 8 heteroatoms. The van der Waals surface area contributed by atoms with E-state index < -0.39 is 0 Å². The molecule has 1 aliphatic rings. The van der Waals surface area contributed by atoms with Crippen LogP contribution in [0.3, 0.4) is 0 Å². The Morgan fingerprint density at radius 3 is 3.00 bits per heavy atom. The first-order valence-electron chi connectivity index (χ1n) is 8.27. The van der Waals surface area contributed by atoms with E-state index in [1.165, 1.54) is 0 Å². The number of nitrogens with zero attached hydrogens (tertiary/aromatic N) is 5. The lowest BCUT2D eigenvalue weighted by Gasteiger charge is -2.18. The smallest absolute Gasteiger partial charge is 0.293 e. The number of fused-ring (bicyclic) bond motifs is 1. The van der Waals surface area contributed by atoms with Crippen LogP contribution in [0, 0.1) is 13.8 Å². The minimum absolute atomic E-state index is 0.136. The van der Waals surface area contributed by atoms with Crippen LogP contribution >= 0.6 is 11.8 Å². The number of aromatic nitrogens is 4. The molecule has 0 radical (unpaired) electrons. The molecule has 4 heterocycles. The number of carbonyl (C=O) groups excluding carboxylic acids is 1. The van der Waals surface area contributed by atoms with Gasteiger partial charge in [-0.15, -0.1) is 16.9 Å². The molecule has 1 aliphatic heterocycles. The highest BCUT2D eigenvalue weighted by atomic mass is 32.2. The fraction of sp³-hybridized carbons (Fsp3) is 0.412. The van der Waals surface area contributed by atoms with Gasteiger partial charge in [0.1, 0.15) is 5.76 Å². The molecular formula is C17H19N5O2S. The van der Waals surface area contributed by atoms with Crippen molar-refractivity contribution in [2.45, 2.75) is 25.5 Å². The van der Waals surface area contributed by atoms with E-state index in [0.717, 1.165) is 29.3 Å². The molecule has 4 rings (SSSR count). The highest BCUT2D eigenvalue weighted by molar-refractivity contribution is 7.99. The molecule has 7 nitrogen and oxygen atoms in total. The molecular weight excluding hydrogens is 338 g/mol.